The average molecular weight is 232 g/mol. The lowest BCUT2D eigenvalue weighted by molar-refractivity contribution is 0.0974. The summed E-state index contributed by atoms with van der Waals surface area (Å²) in [6.45, 7) is 0. The number of benzene rings is 1. The van der Waals surface area contributed by atoms with Crippen LogP contribution in [-0.4, -0.2) is 21.6 Å². The Hall–Kier alpha value is -0.780. The molecule has 2 atom stereocenters. The van der Waals surface area contributed by atoms with Crippen molar-refractivity contribution in [2.75, 3.05) is 12.9 Å². The summed E-state index contributed by atoms with van der Waals surface area (Å²) in [6.07, 6.45) is -0.150. The highest BCUT2D eigenvalue weighted by molar-refractivity contribution is 7.79. The molecule has 0 aromatic heterocycles. The minimum absolute atomic E-state index is 0.0762. The average Bonchev–Trinajstić information content (AvgIpc) is 2.21. The fourth-order valence-electron chi connectivity index (χ4n) is 1.34. The van der Waals surface area contributed by atoms with Gasteiger partial charge in [0, 0.05) is 12.7 Å². The Balaban J connectivity index is 2.74. The predicted molar refractivity (Wildman–Crippen MR) is 56.4 cm³/mol. The van der Waals surface area contributed by atoms with Crippen LogP contribution in [-0.2, 0) is 15.8 Å². The fourth-order valence-corrected chi connectivity index (χ4v) is 1.76. The van der Waals surface area contributed by atoms with Crippen molar-refractivity contribution in [1.29, 1.82) is 0 Å². The van der Waals surface area contributed by atoms with Gasteiger partial charge < -0.3 is 9.29 Å². The third-order valence-corrected chi connectivity index (χ3v) is 2.68. The molecule has 0 aliphatic carbocycles. The van der Waals surface area contributed by atoms with Gasteiger partial charge in [-0.25, -0.2) is 8.60 Å². The molecule has 1 aromatic rings. The van der Waals surface area contributed by atoms with Crippen LogP contribution in [0.15, 0.2) is 24.3 Å². The van der Waals surface area contributed by atoms with Crippen molar-refractivity contribution in [2.45, 2.75) is 12.5 Å². The number of hydrogen-bond acceptors (Lipinski definition) is 2. The van der Waals surface area contributed by atoms with E-state index in [9.17, 15) is 8.60 Å². The maximum absolute atomic E-state index is 13.3. The van der Waals surface area contributed by atoms with E-state index in [1.165, 1.54) is 13.2 Å². The first-order valence-electron chi connectivity index (χ1n) is 4.50. The van der Waals surface area contributed by atoms with Crippen LogP contribution in [0.2, 0.25) is 0 Å². The van der Waals surface area contributed by atoms with Gasteiger partial charge >= 0.3 is 0 Å². The second-order valence-corrected chi connectivity index (χ2v) is 4.11. The lowest BCUT2D eigenvalue weighted by Crippen LogP contribution is -2.08. The molecule has 84 valence electrons. The van der Waals surface area contributed by atoms with Crippen LogP contribution in [0.5, 0.6) is 0 Å². The van der Waals surface area contributed by atoms with Gasteiger partial charge in [0.25, 0.3) is 0 Å². The van der Waals surface area contributed by atoms with Gasteiger partial charge in [0.1, 0.15) is 5.82 Å². The molecule has 5 heteroatoms. The molecule has 0 amide bonds. The van der Waals surface area contributed by atoms with Crippen LogP contribution in [0.3, 0.4) is 0 Å². The Morgan fingerprint density at radius 3 is 2.73 bits per heavy atom. The van der Waals surface area contributed by atoms with E-state index in [2.05, 4.69) is 0 Å². The normalized spacial score (nSPS) is 14.9. The molecule has 0 spiro atoms. The number of rotatable bonds is 5. The third kappa shape index (κ3) is 3.70. The summed E-state index contributed by atoms with van der Waals surface area (Å²) in [5, 5.41) is 0. The van der Waals surface area contributed by atoms with E-state index in [0.717, 1.165) is 0 Å². The predicted octanol–water partition coefficient (Wildman–Crippen LogP) is 2.12. The maximum Gasteiger partial charge on any atom is 0.152 e. The molecule has 2 unspecified atom stereocenters. The highest BCUT2D eigenvalue weighted by Gasteiger charge is 2.15. The van der Waals surface area contributed by atoms with Gasteiger partial charge in [-0.15, -0.1) is 0 Å². The smallest absolute Gasteiger partial charge is 0.152 e. The molecular formula is C10H13FO3S. The standard InChI is InChI=1S/C10H13FO3S/c1-14-10(6-7-15(12)13)8-4-2-3-5-9(8)11/h2-5,10H,6-7H2,1H3,(H,12,13). The Morgan fingerprint density at radius 1 is 1.53 bits per heavy atom. The number of hydrogen-bond donors (Lipinski definition) is 1. The largest absolute Gasteiger partial charge is 0.377 e. The molecule has 15 heavy (non-hydrogen) atoms. The summed E-state index contributed by atoms with van der Waals surface area (Å²) < 4.78 is 37.5. The van der Waals surface area contributed by atoms with Gasteiger partial charge in [-0.05, 0) is 12.5 Å². The molecule has 1 rings (SSSR count). The van der Waals surface area contributed by atoms with Crippen molar-refractivity contribution in [2.24, 2.45) is 0 Å². The van der Waals surface area contributed by atoms with Gasteiger partial charge in [0.05, 0.1) is 11.9 Å². The number of methoxy groups -OCH3 is 1. The quantitative estimate of drug-likeness (QED) is 0.791. The first-order chi connectivity index (χ1) is 7.15. The topological polar surface area (TPSA) is 46.5 Å². The van der Waals surface area contributed by atoms with E-state index in [-0.39, 0.29) is 11.6 Å². The minimum Gasteiger partial charge on any atom is -0.377 e. The Kier molecular flexibility index (Phi) is 4.87. The van der Waals surface area contributed by atoms with Crippen LogP contribution >= 0.6 is 0 Å². The van der Waals surface area contributed by atoms with Gasteiger partial charge in [-0.2, -0.15) is 0 Å². The van der Waals surface area contributed by atoms with E-state index < -0.39 is 17.2 Å². The number of halogens is 1. The van der Waals surface area contributed by atoms with Crippen LogP contribution in [0.4, 0.5) is 4.39 Å². The van der Waals surface area contributed by atoms with Crippen LogP contribution in [0, 0.1) is 5.82 Å². The zero-order valence-electron chi connectivity index (χ0n) is 8.35. The molecule has 1 aromatic carbocycles. The molecular weight excluding hydrogens is 219 g/mol. The zero-order valence-corrected chi connectivity index (χ0v) is 9.17. The molecule has 3 nitrogen and oxygen atoms in total. The molecule has 1 N–H and O–H groups in total. The van der Waals surface area contributed by atoms with Crippen molar-refractivity contribution in [3.63, 3.8) is 0 Å². The summed E-state index contributed by atoms with van der Waals surface area (Å²) in [4.78, 5) is 0. The van der Waals surface area contributed by atoms with Crippen molar-refractivity contribution in [3.8, 4) is 0 Å². The summed E-state index contributed by atoms with van der Waals surface area (Å²) in [7, 11) is 1.46. The molecule has 0 fully saturated rings. The van der Waals surface area contributed by atoms with Gasteiger partial charge in [0.2, 0.25) is 0 Å². The van der Waals surface area contributed by atoms with Crippen LogP contribution < -0.4 is 0 Å². The second kappa shape index (κ2) is 5.95. The van der Waals surface area contributed by atoms with Gasteiger partial charge in [-0.1, -0.05) is 18.2 Å². The summed E-state index contributed by atoms with van der Waals surface area (Å²) in [6, 6.07) is 6.26. The minimum atomic E-state index is -1.87. The first-order valence-corrected chi connectivity index (χ1v) is 5.77. The molecule has 0 bridgehead atoms. The number of ether oxygens (including phenoxy) is 1. The van der Waals surface area contributed by atoms with E-state index in [4.69, 9.17) is 9.29 Å². The fraction of sp³-hybridized carbons (Fsp3) is 0.400. The molecule has 0 heterocycles. The molecule has 0 saturated carbocycles. The Labute approximate surface area is 90.5 Å². The van der Waals surface area contributed by atoms with Crippen LogP contribution in [0.1, 0.15) is 18.1 Å². The summed E-state index contributed by atoms with van der Waals surface area (Å²) >= 11 is -1.87. The van der Waals surface area contributed by atoms with Crippen molar-refractivity contribution >= 4 is 11.1 Å². The molecule has 0 saturated heterocycles. The Morgan fingerprint density at radius 2 is 2.20 bits per heavy atom. The molecule has 0 aliphatic heterocycles. The lowest BCUT2D eigenvalue weighted by atomic mass is 10.1. The molecule has 0 radical (unpaired) electrons. The van der Waals surface area contributed by atoms with E-state index in [1.807, 2.05) is 0 Å². The summed E-state index contributed by atoms with van der Waals surface area (Å²) in [5.41, 5.74) is 0.422. The molecule has 0 aliphatic rings. The Bertz CT molecular complexity index is 343. The zero-order chi connectivity index (χ0) is 11.3. The van der Waals surface area contributed by atoms with Gasteiger partial charge in [0.15, 0.2) is 11.1 Å². The van der Waals surface area contributed by atoms with E-state index >= 15 is 0 Å². The highest BCUT2D eigenvalue weighted by atomic mass is 32.2. The second-order valence-electron chi connectivity index (χ2n) is 3.06. The van der Waals surface area contributed by atoms with Crippen molar-refractivity contribution in [3.05, 3.63) is 35.6 Å². The van der Waals surface area contributed by atoms with E-state index in [0.29, 0.717) is 12.0 Å². The highest BCUT2D eigenvalue weighted by Crippen LogP contribution is 2.23. The van der Waals surface area contributed by atoms with Crippen molar-refractivity contribution in [1.82, 2.24) is 0 Å². The SMILES string of the molecule is COC(CCS(=O)O)c1ccccc1F. The maximum atomic E-state index is 13.3. The van der Waals surface area contributed by atoms with Crippen molar-refractivity contribution < 1.29 is 17.9 Å². The van der Waals surface area contributed by atoms with Crippen LogP contribution in [0.25, 0.3) is 0 Å². The first kappa shape index (κ1) is 12.3. The third-order valence-electron chi connectivity index (χ3n) is 2.09. The van der Waals surface area contributed by atoms with Gasteiger partial charge in [-0.3, -0.25) is 0 Å². The van der Waals surface area contributed by atoms with E-state index in [1.54, 1.807) is 18.2 Å². The summed E-state index contributed by atoms with van der Waals surface area (Å²) in [5.74, 6) is -0.277. The lowest BCUT2D eigenvalue weighted by Gasteiger charge is -2.15. The monoisotopic (exact) mass is 232 g/mol.